The van der Waals surface area contributed by atoms with Crippen molar-refractivity contribution in [2.45, 2.75) is 26.7 Å². The molecule has 0 aliphatic carbocycles. The van der Waals surface area contributed by atoms with E-state index in [-0.39, 0.29) is 0 Å². The molecule has 2 unspecified atom stereocenters. The van der Waals surface area contributed by atoms with Crippen LogP contribution in [0.25, 0.3) is 0 Å². The highest BCUT2D eigenvalue weighted by Gasteiger charge is 2.24. The lowest BCUT2D eigenvalue weighted by atomic mass is 9.92. The predicted octanol–water partition coefficient (Wildman–Crippen LogP) is 1.57. The minimum atomic E-state index is 0.306. The molecular formula is C12H24N2OS. The summed E-state index contributed by atoms with van der Waals surface area (Å²) in [6.45, 7) is 7.08. The summed E-state index contributed by atoms with van der Waals surface area (Å²) in [5.41, 5.74) is 5.42. The molecule has 0 aromatic carbocycles. The molecule has 0 aromatic rings. The Morgan fingerprint density at radius 2 is 2.00 bits per heavy atom. The van der Waals surface area contributed by atoms with Gasteiger partial charge in [0.2, 0.25) is 5.91 Å². The van der Waals surface area contributed by atoms with E-state index in [2.05, 4.69) is 13.8 Å². The summed E-state index contributed by atoms with van der Waals surface area (Å²) in [5, 5.41) is 0. The van der Waals surface area contributed by atoms with Crippen LogP contribution in [0.15, 0.2) is 0 Å². The van der Waals surface area contributed by atoms with E-state index in [9.17, 15) is 4.79 Å². The van der Waals surface area contributed by atoms with Crippen molar-refractivity contribution in [1.82, 2.24) is 4.90 Å². The van der Waals surface area contributed by atoms with Gasteiger partial charge in [-0.15, -0.1) is 0 Å². The number of piperidine rings is 1. The maximum Gasteiger partial charge on any atom is 0.232 e. The van der Waals surface area contributed by atoms with Gasteiger partial charge in [0.15, 0.2) is 0 Å². The van der Waals surface area contributed by atoms with Gasteiger partial charge >= 0.3 is 0 Å². The minimum absolute atomic E-state index is 0.306. The number of carbonyl (C=O) groups excluding carboxylic acids is 1. The predicted molar refractivity (Wildman–Crippen MR) is 70.5 cm³/mol. The van der Waals surface area contributed by atoms with Gasteiger partial charge in [0, 0.05) is 13.1 Å². The van der Waals surface area contributed by atoms with E-state index < -0.39 is 0 Å². The lowest BCUT2D eigenvalue weighted by Crippen LogP contribution is -2.43. The first kappa shape index (κ1) is 13.8. The monoisotopic (exact) mass is 244 g/mol. The van der Waals surface area contributed by atoms with Crippen LogP contribution in [-0.4, -0.2) is 41.9 Å². The third-order valence-corrected chi connectivity index (χ3v) is 3.97. The van der Waals surface area contributed by atoms with Gasteiger partial charge in [-0.2, -0.15) is 11.8 Å². The van der Waals surface area contributed by atoms with E-state index >= 15 is 0 Å². The van der Waals surface area contributed by atoms with Crippen LogP contribution >= 0.6 is 11.8 Å². The summed E-state index contributed by atoms with van der Waals surface area (Å²) in [6.07, 6.45) is 2.26. The van der Waals surface area contributed by atoms with E-state index in [0.717, 1.165) is 31.8 Å². The molecule has 1 aliphatic rings. The Morgan fingerprint density at radius 3 is 2.56 bits per heavy atom. The Hall–Kier alpha value is -0.220. The standard InChI is InChI=1S/C12H24N2OS/c1-10-6-11(2)8-14(7-10)12(15)9-16-5-3-4-13/h10-11H,3-9,13H2,1-2H3. The Labute approximate surface area is 103 Å². The van der Waals surface area contributed by atoms with Crippen molar-refractivity contribution >= 4 is 17.7 Å². The van der Waals surface area contributed by atoms with Crippen LogP contribution in [0.4, 0.5) is 0 Å². The van der Waals surface area contributed by atoms with E-state index in [1.165, 1.54) is 6.42 Å². The number of thioether (sulfide) groups is 1. The van der Waals surface area contributed by atoms with Crippen molar-refractivity contribution in [3.8, 4) is 0 Å². The number of hydrogen-bond acceptors (Lipinski definition) is 3. The van der Waals surface area contributed by atoms with Crippen molar-refractivity contribution < 1.29 is 4.79 Å². The molecule has 1 fully saturated rings. The molecule has 0 spiro atoms. The van der Waals surface area contributed by atoms with Gasteiger partial charge in [0.25, 0.3) is 0 Å². The SMILES string of the molecule is CC1CC(C)CN(C(=O)CSCCCN)C1. The van der Waals surface area contributed by atoms with Crippen LogP contribution in [0.5, 0.6) is 0 Å². The topological polar surface area (TPSA) is 46.3 Å². The summed E-state index contributed by atoms with van der Waals surface area (Å²) >= 11 is 1.71. The molecule has 94 valence electrons. The highest BCUT2D eigenvalue weighted by molar-refractivity contribution is 7.99. The zero-order valence-electron chi connectivity index (χ0n) is 10.4. The molecule has 3 nitrogen and oxygen atoms in total. The van der Waals surface area contributed by atoms with E-state index in [0.29, 0.717) is 23.5 Å². The van der Waals surface area contributed by atoms with Gasteiger partial charge in [0.1, 0.15) is 0 Å². The Balaban J connectivity index is 2.24. The van der Waals surface area contributed by atoms with Crippen LogP contribution in [0, 0.1) is 11.8 Å². The van der Waals surface area contributed by atoms with Crippen LogP contribution in [0.3, 0.4) is 0 Å². The number of nitrogens with two attached hydrogens (primary N) is 1. The molecule has 1 saturated heterocycles. The number of hydrogen-bond donors (Lipinski definition) is 1. The van der Waals surface area contributed by atoms with Gasteiger partial charge in [0.05, 0.1) is 5.75 Å². The Morgan fingerprint density at radius 1 is 1.38 bits per heavy atom. The fraction of sp³-hybridized carbons (Fsp3) is 0.917. The van der Waals surface area contributed by atoms with Gasteiger partial charge in [-0.05, 0) is 37.0 Å². The van der Waals surface area contributed by atoms with Crippen LogP contribution in [0.1, 0.15) is 26.7 Å². The van der Waals surface area contributed by atoms with Gasteiger partial charge in [-0.1, -0.05) is 13.8 Å². The molecule has 1 heterocycles. The molecule has 1 aliphatic heterocycles. The zero-order valence-corrected chi connectivity index (χ0v) is 11.3. The normalized spacial score (nSPS) is 25.8. The average molecular weight is 244 g/mol. The number of rotatable bonds is 5. The first-order valence-corrected chi connectivity index (χ1v) is 7.34. The Bertz CT molecular complexity index is 213. The lowest BCUT2D eigenvalue weighted by molar-refractivity contribution is -0.130. The summed E-state index contributed by atoms with van der Waals surface area (Å²) in [7, 11) is 0. The molecule has 2 N–H and O–H groups in total. The number of likely N-dealkylation sites (tertiary alicyclic amines) is 1. The highest BCUT2D eigenvalue weighted by Crippen LogP contribution is 2.21. The molecule has 2 atom stereocenters. The van der Waals surface area contributed by atoms with Crippen LogP contribution < -0.4 is 5.73 Å². The summed E-state index contributed by atoms with van der Waals surface area (Å²) < 4.78 is 0. The largest absolute Gasteiger partial charge is 0.341 e. The maximum atomic E-state index is 11.9. The van der Waals surface area contributed by atoms with Crippen molar-refractivity contribution in [3.05, 3.63) is 0 Å². The smallest absolute Gasteiger partial charge is 0.232 e. The fourth-order valence-corrected chi connectivity index (χ4v) is 3.18. The zero-order chi connectivity index (χ0) is 12.0. The first-order valence-electron chi connectivity index (χ1n) is 6.19. The molecule has 0 radical (unpaired) electrons. The van der Waals surface area contributed by atoms with Crippen LogP contribution in [0.2, 0.25) is 0 Å². The van der Waals surface area contributed by atoms with Gasteiger partial charge in [-0.3, -0.25) is 4.79 Å². The molecule has 0 aromatic heterocycles. The average Bonchev–Trinajstić information content (AvgIpc) is 2.22. The molecule has 16 heavy (non-hydrogen) atoms. The number of carbonyl (C=O) groups is 1. The summed E-state index contributed by atoms with van der Waals surface area (Å²) in [5.74, 6) is 3.24. The quantitative estimate of drug-likeness (QED) is 0.747. The summed E-state index contributed by atoms with van der Waals surface area (Å²) in [4.78, 5) is 14.0. The molecule has 4 heteroatoms. The lowest BCUT2D eigenvalue weighted by Gasteiger charge is -2.35. The number of amides is 1. The third-order valence-electron chi connectivity index (χ3n) is 2.94. The van der Waals surface area contributed by atoms with Crippen molar-refractivity contribution in [1.29, 1.82) is 0 Å². The van der Waals surface area contributed by atoms with E-state index in [4.69, 9.17) is 5.73 Å². The number of nitrogens with zero attached hydrogens (tertiary/aromatic N) is 1. The highest BCUT2D eigenvalue weighted by atomic mass is 32.2. The van der Waals surface area contributed by atoms with Gasteiger partial charge in [-0.25, -0.2) is 0 Å². The van der Waals surface area contributed by atoms with Crippen molar-refractivity contribution in [2.75, 3.05) is 31.1 Å². The van der Waals surface area contributed by atoms with E-state index in [1.807, 2.05) is 4.90 Å². The van der Waals surface area contributed by atoms with Crippen molar-refractivity contribution in [2.24, 2.45) is 17.6 Å². The minimum Gasteiger partial charge on any atom is -0.341 e. The summed E-state index contributed by atoms with van der Waals surface area (Å²) in [6, 6.07) is 0. The Kier molecular flexibility index (Phi) is 6.21. The maximum absolute atomic E-state index is 11.9. The molecular weight excluding hydrogens is 220 g/mol. The third kappa shape index (κ3) is 4.74. The second-order valence-electron chi connectivity index (χ2n) is 4.94. The fourth-order valence-electron chi connectivity index (χ4n) is 2.30. The second kappa shape index (κ2) is 7.17. The molecule has 1 rings (SSSR count). The van der Waals surface area contributed by atoms with Crippen LogP contribution in [-0.2, 0) is 4.79 Å². The van der Waals surface area contributed by atoms with Crippen molar-refractivity contribution in [3.63, 3.8) is 0 Å². The second-order valence-corrected chi connectivity index (χ2v) is 6.04. The van der Waals surface area contributed by atoms with Gasteiger partial charge < -0.3 is 10.6 Å². The molecule has 0 saturated carbocycles. The first-order chi connectivity index (χ1) is 7.63. The van der Waals surface area contributed by atoms with E-state index in [1.54, 1.807) is 11.8 Å². The molecule has 1 amide bonds. The molecule has 0 bridgehead atoms.